The number of aromatic nitrogens is 5. The monoisotopic (exact) mass is 863 g/mol. The van der Waals surface area contributed by atoms with Crippen LogP contribution in [0.5, 0.6) is 11.5 Å². The van der Waals surface area contributed by atoms with Gasteiger partial charge in [0, 0.05) is 28.8 Å². The number of ether oxygens (including phenoxy) is 1. The summed E-state index contributed by atoms with van der Waals surface area (Å²) in [7, 11) is 0. The molecule has 12 aromatic rings. The topological polar surface area (TPSA) is 56.7 Å². The van der Waals surface area contributed by atoms with Crippen molar-refractivity contribution in [2.24, 2.45) is 0 Å². The summed E-state index contributed by atoms with van der Waals surface area (Å²) in [6, 6.07) is 53.9. The number of nitrogens with zero attached hydrogens (tertiary/aromatic N) is 5. The van der Waals surface area contributed by atoms with Gasteiger partial charge < -0.3 is 13.5 Å². The van der Waals surface area contributed by atoms with Crippen LogP contribution in [0.15, 0.2) is 140 Å². The van der Waals surface area contributed by atoms with Crippen LogP contribution in [0.2, 0.25) is 0 Å². The zero-order valence-corrected chi connectivity index (χ0v) is 34.8. The van der Waals surface area contributed by atoms with Gasteiger partial charge in [0.15, 0.2) is 0 Å². The van der Waals surface area contributed by atoms with Gasteiger partial charge in [-0.2, -0.15) is 0 Å². The van der Waals surface area contributed by atoms with E-state index in [-0.39, 0.29) is 20.4 Å². The second-order valence-electron chi connectivity index (χ2n) is 15.6. The van der Waals surface area contributed by atoms with E-state index in [0.29, 0.717) is 11.5 Å². The number of aryl methyl sites for hydroxylation is 4. The van der Waals surface area contributed by atoms with Crippen molar-refractivity contribution in [3.05, 3.63) is 174 Å². The summed E-state index contributed by atoms with van der Waals surface area (Å²) in [6.45, 7) is 8.87. The number of hydrogen-bond donors (Lipinski definition) is 0. The van der Waals surface area contributed by atoms with Crippen molar-refractivity contribution < 1.29 is 25.2 Å². The molecule has 7 heteroatoms. The summed E-state index contributed by atoms with van der Waals surface area (Å²) in [5.74, 6) is 1.14. The molecule has 6 nitrogen and oxygen atoms in total. The first kappa shape index (κ1) is 36.2. The smallest absolute Gasteiger partial charge is 0.497 e. The number of pyridine rings is 3. The number of rotatable bonds is 4. The summed E-state index contributed by atoms with van der Waals surface area (Å²) in [4.78, 5) is 15.2. The summed E-state index contributed by atoms with van der Waals surface area (Å²) < 4.78 is 11.2. The van der Waals surface area contributed by atoms with Gasteiger partial charge in [0.05, 0.1) is 44.4 Å². The van der Waals surface area contributed by atoms with Gasteiger partial charge >= 0.3 is 20.4 Å². The second kappa shape index (κ2) is 13.6. The Morgan fingerprint density at radius 3 is 1.67 bits per heavy atom. The fraction of sp³-hybridized carbons (Fsp3) is 0.0755. The third-order valence-corrected chi connectivity index (χ3v) is 12.1. The maximum Gasteiger partial charge on any atom is 2.00 e. The van der Waals surface area contributed by atoms with E-state index in [4.69, 9.17) is 19.7 Å². The number of para-hydroxylation sites is 4. The Morgan fingerprint density at radius 2 is 1.00 bits per heavy atom. The molecule has 0 unspecified atom stereocenters. The van der Waals surface area contributed by atoms with Crippen LogP contribution < -0.4 is 4.74 Å². The minimum Gasteiger partial charge on any atom is -0.497 e. The Kier molecular flexibility index (Phi) is 8.19. The molecule has 7 aromatic carbocycles. The minimum absolute atomic E-state index is 0. The number of imidazole rings is 2. The van der Waals surface area contributed by atoms with Gasteiger partial charge in [0.25, 0.3) is 0 Å². The zero-order chi connectivity index (χ0) is 39.5. The van der Waals surface area contributed by atoms with E-state index >= 15 is 0 Å². The van der Waals surface area contributed by atoms with Gasteiger partial charge in [0.1, 0.15) is 0 Å². The molecule has 0 bridgehead atoms. The predicted molar refractivity (Wildman–Crippen MR) is 241 cm³/mol. The normalized spacial score (nSPS) is 11.9. The Morgan fingerprint density at radius 1 is 0.467 bits per heavy atom. The van der Waals surface area contributed by atoms with Gasteiger partial charge in [-0.05, 0) is 108 Å². The average molecular weight is 864 g/mol. The molecule has 0 N–H and O–H groups in total. The molecule has 0 saturated heterocycles. The second-order valence-corrected chi connectivity index (χ2v) is 15.6. The molecule has 0 saturated carbocycles. The van der Waals surface area contributed by atoms with Gasteiger partial charge in [-0.1, -0.05) is 119 Å². The molecular formula is C53H35N5OPd. The average Bonchev–Trinajstić information content (AvgIpc) is 3.84. The molecule has 0 spiro atoms. The van der Waals surface area contributed by atoms with E-state index in [0.717, 1.165) is 76.8 Å². The summed E-state index contributed by atoms with van der Waals surface area (Å²) in [5.41, 5.74) is 18.4. The SMILES string of the molecule is Cc1cccc(C)c1-c1ccc2c3ccc(Oc4[c-]c5c(cc4)c4ncccc4n4c6ccccc6nc54)[c-]c3c3nc4ccccc4n3c2c1-c1c(C)cccc1C.[Pd+2]. The zero-order valence-electron chi connectivity index (χ0n) is 33.2. The molecule has 60 heavy (non-hydrogen) atoms. The van der Waals surface area contributed by atoms with Crippen LogP contribution in [0.1, 0.15) is 22.3 Å². The Bertz CT molecular complexity index is 3730. The standard InChI is InChI=1S/C53H35N5O.Pd/c1-30-12-9-13-31(2)47(30)39-26-25-38-36-23-21-34(28-40(36)53-56-43-17-6-8-19-45(43)58(53)51(38)49(39)48-32(3)14-10-15-33(48)4)59-35-22-24-37-41(29-35)52-55-42-16-5-7-18-44(42)57(52)46-20-11-27-54-50(37)46;/h5-27H,1-4H3;/q-2;+2. The third kappa shape index (κ3) is 5.20. The molecule has 0 aliphatic rings. The largest absolute Gasteiger partial charge is 2.00 e. The van der Waals surface area contributed by atoms with Gasteiger partial charge in [0.2, 0.25) is 0 Å². The van der Waals surface area contributed by atoms with Crippen molar-refractivity contribution in [1.82, 2.24) is 23.8 Å². The maximum absolute atomic E-state index is 6.69. The Balaban J connectivity index is 0.00000408. The van der Waals surface area contributed by atoms with Crippen LogP contribution in [-0.4, -0.2) is 23.8 Å². The predicted octanol–water partition coefficient (Wildman–Crippen LogP) is 13.3. The molecule has 0 atom stereocenters. The third-order valence-electron chi connectivity index (χ3n) is 12.1. The molecule has 12 rings (SSSR count). The summed E-state index contributed by atoms with van der Waals surface area (Å²) in [6.07, 6.45) is 1.83. The molecule has 0 aliphatic heterocycles. The molecular weight excluding hydrogens is 829 g/mol. The van der Waals surface area contributed by atoms with Crippen molar-refractivity contribution in [3.63, 3.8) is 0 Å². The van der Waals surface area contributed by atoms with Gasteiger partial charge in [-0.3, -0.25) is 15.0 Å². The molecule has 5 aromatic heterocycles. The molecule has 0 radical (unpaired) electrons. The van der Waals surface area contributed by atoms with E-state index in [1.54, 1.807) is 0 Å². The van der Waals surface area contributed by atoms with E-state index in [1.165, 1.54) is 44.5 Å². The summed E-state index contributed by atoms with van der Waals surface area (Å²) in [5, 5.41) is 4.88. The maximum atomic E-state index is 6.69. The fourth-order valence-corrected chi connectivity index (χ4v) is 9.55. The van der Waals surface area contributed by atoms with Crippen LogP contribution in [0.25, 0.3) is 99.1 Å². The Hall–Kier alpha value is -6.91. The fourth-order valence-electron chi connectivity index (χ4n) is 9.55. The van der Waals surface area contributed by atoms with Crippen molar-refractivity contribution in [2.75, 3.05) is 0 Å². The molecule has 0 aliphatic carbocycles. The quantitative estimate of drug-likeness (QED) is 0.100. The van der Waals surface area contributed by atoms with Crippen molar-refractivity contribution in [2.45, 2.75) is 27.7 Å². The summed E-state index contributed by atoms with van der Waals surface area (Å²) >= 11 is 0. The van der Waals surface area contributed by atoms with Crippen molar-refractivity contribution in [3.8, 4) is 33.8 Å². The number of fused-ring (bicyclic) bond motifs is 16. The van der Waals surface area contributed by atoms with Crippen LogP contribution in [0, 0.1) is 39.8 Å². The van der Waals surface area contributed by atoms with Crippen LogP contribution in [0.4, 0.5) is 0 Å². The molecule has 288 valence electrons. The number of benzene rings is 7. The molecule has 0 fully saturated rings. The molecule has 5 heterocycles. The van der Waals surface area contributed by atoms with Crippen LogP contribution >= 0.6 is 0 Å². The van der Waals surface area contributed by atoms with Crippen molar-refractivity contribution in [1.29, 1.82) is 0 Å². The van der Waals surface area contributed by atoms with Crippen LogP contribution in [-0.2, 0) is 20.4 Å². The Labute approximate surface area is 359 Å². The van der Waals surface area contributed by atoms with E-state index < -0.39 is 0 Å². The van der Waals surface area contributed by atoms with E-state index in [1.807, 2.05) is 42.6 Å². The van der Waals surface area contributed by atoms with E-state index in [2.05, 4.69) is 146 Å². The first-order valence-electron chi connectivity index (χ1n) is 20.0. The first-order chi connectivity index (χ1) is 28.9. The van der Waals surface area contributed by atoms with Gasteiger partial charge in [-0.25, -0.2) is 0 Å². The van der Waals surface area contributed by atoms with E-state index in [9.17, 15) is 0 Å². The van der Waals surface area contributed by atoms with Gasteiger partial charge in [-0.15, -0.1) is 12.1 Å². The van der Waals surface area contributed by atoms with Crippen molar-refractivity contribution >= 4 is 76.8 Å². The number of hydrogen-bond acceptors (Lipinski definition) is 4. The van der Waals surface area contributed by atoms with Crippen LogP contribution in [0.3, 0.4) is 0 Å². The first-order valence-corrected chi connectivity index (χ1v) is 20.0. The minimum atomic E-state index is 0. The molecule has 0 amide bonds.